The van der Waals surface area contributed by atoms with Gasteiger partial charge >= 0.3 is 13.3 Å². The monoisotopic (exact) mass is 286 g/mol. The molecule has 8 heteroatoms. The highest BCUT2D eigenvalue weighted by Gasteiger charge is 2.36. The first-order chi connectivity index (χ1) is 6.75. The number of halogens is 5. The van der Waals surface area contributed by atoms with Crippen LogP contribution in [0.25, 0.3) is 0 Å². The zero-order valence-electron chi connectivity index (χ0n) is 7.02. The van der Waals surface area contributed by atoms with Gasteiger partial charge in [0.05, 0.1) is 5.56 Å². The molecular formula is C7H4BBrF4O2. The van der Waals surface area contributed by atoms with Crippen LogP contribution in [0.3, 0.4) is 0 Å². The molecule has 0 bridgehead atoms. The molecule has 0 aliphatic heterocycles. The lowest BCUT2D eigenvalue weighted by Crippen LogP contribution is -2.35. The predicted octanol–water partition coefficient (Wildman–Crippen LogP) is 1.29. The van der Waals surface area contributed by atoms with E-state index in [1.807, 2.05) is 0 Å². The molecule has 0 amide bonds. The summed E-state index contributed by atoms with van der Waals surface area (Å²) in [6.07, 6.45) is -4.68. The minimum atomic E-state index is -4.68. The first-order valence-corrected chi connectivity index (χ1v) is 4.45. The van der Waals surface area contributed by atoms with Crippen molar-refractivity contribution in [3.05, 3.63) is 28.0 Å². The van der Waals surface area contributed by atoms with E-state index in [1.54, 1.807) is 0 Å². The minimum Gasteiger partial charge on any atom is -0.423 e. The van der Waals surface area contributed by atoms with Crippen molar-refractivity contribution in [3.8, 4) is 0 Å². The summed E-state index contributed by atoms with van der Waals surface area (Å²) < 4.78 is 49.2. The molecule has 1 aromatic rings. The van der Waals surface area contributed by atoms with E-state index >= 15 is 0 Å². The molecule has 0 unspecified atom stereocenters. The Balaban J connectivity index is 3.42. The van der Waals surface area contributed by atoms with Crippen LogP contribution in [0.2, 0.25) is 0 Å². The van der Waals surface area contributed by atoms with E-state index in [1.165, 1.54) is 0 Å². The van der Waals surface area contributed by atoms with Crippen molar-refractivity contribution in [2.24, 2.45) is 0 Å². The first-order valence-electron chi connectivity index (χ1n) is 3.66. The highest BCUT2D eigenvalue weighted by Crippen LogP contribution is 2.34. The van der Waals surface area contributed by atoms with Crippen molar-refractivity contribution in [1.29, 1.82) is 0 Å². The van der Waals surface area contributed by atoms with E-state index in [2.05, 4.69) is 15.9 Å². The second-order valence-electron chi connectivity index (χ2n) is 2.69. The Hall–Kier alpha value is -0.595. The lowest BCUT2D eigenvalue weighted by Gasteiger charge is -2.12. The van der Waals surface area contributed by atoms with Crippen molar-refractivity contribution in [2.45, 2.75) is 6.18 Å². The average Bonchev–Trinajstić information content (AvgIpc) is 2.00. The average molecular weight is 287 g/mol. The van der Waals surface area contributed by atoms with Gasteiger partial charge in [0.15, 0.2) is 0 Å². The van der Waals surface area contributed by atoms with Crippen LogP contribution in [-0.4, -0.2) is 17.2 Å². The van der Waals surface area contributed by atoms with Crippen LogP contribution in [0.15, 0.2) is 16.6 Å². The topological polar surface area (TPSA) is 40.5 Å². The zero-order chi connectivity index (χ0) is 11.8. The van der Waals surface area contributed by atoms with Gasteiger partial charge in [0, 0.05) is 9.94 Å². The van der Waals surface area contributed by atoms with Crippen molar-refractivity contribution >= 4 is 28.5 Å². The van der Waals surface area contributed by atoms with Gasteiger partial charge in [-0.1, -0.05) is 15.9 Å². The van der Waals surface area contributed by atoms with E-state index < -0.39 is 34.6 Å². The van der Waals surface area contributed by atoms with E-state index in [9.17, 15) is 17.6 Å². The summed E-state index contributed by atoms with van der Waals surface area (Å²) in [5.41, 5.74) is -1.99. The predicted molar refractivity (Wildman–Crippen MR) is 48.9 cm³/mol. The number of hydrogen-bond donors (Lipinski definition) is 2. The molecule has 0 aromatic heterocycles. The third kappa shape index (κ3) is 2.50. The van der Waals surface area contributed by atoms with Crippen molar-refractivity contribution in [2.75, 3.05) is 0 Å². The molecule has 0 atom stereocenters. The van der Waals surface area contributed by atoms with Crippen LogP contribution < -0.4 is 5.46 Å². The maximum atomic E-state index is 13.0. The molecule has 0 aliphatic rings. The highest BCUT2D eigenvalue weighted by atomic mass is 79.9. The smallest absolute Gasteiger partial charge is 0.423 e. The molecule has 0 heterocycles. The SMILES string of the molecule is OB(O)c1c(F)ccc(C(F)(F)F)c1Br. The standard InChI is InChI=1S/C7H4BBrF4O2/c9-6-3(7(11,12)13)1-2-4(10)5(6)8(14)15/h1-2,14-15H. The van der Waals surface area contributed by atoms with E-state index in [0.29, 0.717) is 12.1 Å². The van der Waals surface area contributed by atoms with Crippen molar-refractivity contribution in [3.63, 3.8) is 0 Å². The molecule has 2 N–H and O–H groups in total. The maximum absolute atomic E-state index is 13.0. The zero-order valence-corrected chi connectivity index (χ0v) is 8.60. The summed E-state index contributed by atoms with van der Waals surface area (Å²) in [6.45, 7) is 0. The van der Waals surface area contributed by atoms with Crippen LogP contribution in [0.1, 0.15) is 5.56 Å². The fourth-order valence-corrected chi connectivity index (χ4v) is 1.78. The third-order valence-electron chi connectivity index (χ3n) is 1.69. The fraction of sp³-hybridized carbons (Fsp3) is 0.143. The van der Waals surface area contributed by atoms with Gasteiger partial charge in [-0.2, -0.15) is 13.2 Å². The van der Waals surface area contributed by atoms with Crippen LogP contribution in [0.5, 0.6) is 0 Å². The summed E-state index contributed by atoms with van der Waals surface area (Å²) in [5, 5.41) is 17.4. The Morgan fingerprint density at radius 2 is 1.73 bits per heavy atom. The summed E-state index contributed by atoms with van der Waals surface area (Å²) >= 11 is 2.49. The normalized spacial score (nSPS) is 11.7. The van der Waals surface area contributed by atoms with Crippen LogP contribution in [-0.2, 0) is 6.18 Å². The molecule has 0 radical (unpaired) electrons. The lowest BCUT2D eigenvalue weighted by atomic mass is 9.79. The van der Waals surface area contributed by atoms with Crippen LogP contribution in [0.4, 0.5) is 17.6 Å². The maximum Gasteiger partial charge on any atom is 0.492 e. The highest BCUT2D eigenvalue weighted by molar-refractivity contribution is 9.10. The number of alkyl halides is 3. The Kier molecular flexibility index (Phi) is 3.42. The van der Waals surface area contributed by atoms with Gasteiger partial charge in [-0.25, -0.2) is 4.39 Å². The summed E-state index contributed by atoms with van der Waals surface area (Å²) in [6, 6.07) is 1.05. The second kappa shape index (κ2) is 4.11. The van der Waals surface area contributed by atoms with Gasteiger partial charge in [-0.3, -0.25) is 0 Å². The molecule has 0 fully saturated rings. The Morgan fingerprint density at radius 3 is 2.13 bits per heavy atom. The number of hydrogen-bond acceptors (Lipinski definition) is 2. The molecular weight excluding hydrogens is 283 g/mol. The van der Waals surface area contributed by atoms with Gasteiger partial charge in [0.25, 0.3) is 0 Å². The molecule has 2 nitrogen and oxygen atoms in total. The van der Waals surface area contributed by atoms with Crippen LogP contribution >= 0.6 is 15.9 Å². The quantitative estimate of drug-likeness (QED) is 0.603. The van der Waals surface area contributed by atoms with Gasteiger partial charge in [0.2, 0.25) is 0 Å². The summed E-state index contributed by atoms with van der Waals surface area (Å²) in [4.78, 5) is 0. The minimum absolute atomic E-state index is 0.519. The lowest BCUT2D eigenvalue weighted by molar-refractivity contribution is -0.138. The van der Waals surface area contributed by atoms with Crippen molar-refractivity contribution < 1.29 is 27.6 Å². The molecule has 0 spiro atoms. The molecule has 82 valence electrons. The van der Waals surface area contributed by atoms with Gasteiger partial charge in [-0.05, 0) is 12.1 Å². The van der Waals surface area contributed by atoms with Gasteiger partial charge < -0.3 is 10.0 Å². The molecule has 1 rings (SSSR count). The number of benzene rings is 1. The molecule has 0 saturated heterocycles. The molecule has 1 aromatic carbocycles. The number of rotatable bonds is 1. The van der Waals surface area contributed by atoms with E-state index in [4.69, 9.17) is 10.0 Å². The summed E-state index contributed by atoms with van der Waals surface area (Å²) in [5.74, 6) is -1.12. The van der Waals surface area contributed by atoms with Crippen LogP contribution in [0, 0.1) is 5.82 Å². The molecule has 0 aliphatic carbocycles. The summed E-state index contributed by atoms with van der Waals surface area (Å²) in [7, 11) is -2.30. The largest absolute Gasteiger partial charge is 0.492 e. The Labute approximate surface area is 90.8 Å². The third-order valence-corrected chi connectivity index (χ3v) is 2.54. The second-order valence-corrected chi connectivity index (χ2v) is 3.49. The molecule has 0 saturated carbocycles. The first kappa shape index (κ1) is 12.5. The van der Waals surface area contributed by atoms with Crippen molar-refractivity contribution in [1.82, 2.24) is 0 Å². The van der Waals surface area contributed by atoms with Gasteiger partial charge in [0.1, 0.15) is 5.82 Å². The Bertz CT molecular complexity index is 380. The van der Waals surface area contributed by atoms with Gasteiger partial charge in [-0.15, -0.1) is 0 Å². The Morgan fingerprint density at radius 1 is 1.20 bits per heavy atom. The molecule has 15 heavy (non-hydrogen) atoms. The van der Waals surface area contributed by atoms with E-state index in [-0.39, 0.29) is 0 Å². The fourth-order valence-electron chi connectivity index (χ4n) is 1.02. The van der Waals surface area contributed by atoms with E-state index in [0.717, 1.165) is 0 Å².